The van der Waals surface area contributed by atoms with Gasteiger partial charge < -0.3 is 35.0 Å². The molecule has 0 aliphatic heterocycles. The molecule has 3 aliphatic rings. The van der Waals surface area contributed by atoms with Crippen LogP contribution >= 0.6 is 8.60 Å². The van der Waals surface area contributed by atoms with Crippen LogP contribution in [0.5, 0.6) is 0 Å². The van der Waals surface area contributed by atoms with Gasteiger partial charge >= 0.3 is 20.6 Å². The molecule has 3 aliphatic carbocycles. The maximum atomic E-state index is 12.0. The molecule has 0 radical (unpaired) electrons. The number of carbonyl (C=O) groups excluding carboxylic acids is 2. The zero-order chi connectivity index (χ0) is 23.8. The average molecular weight is 486 g/mol. The van der Waals surface area contributed by atoms with E-state index in [-0.39, 0.29) is 19.2 Å². The van der Waals surface area contributed by atoms with Crippen molar-refractivity contribution in [3.05, 3.63) is 12.2 Å². The second-order valence-corrected chi connectivity index (χ2v) is 10.6. The van der Waals surface area contributed by atoms with E-state index in [2.05, 4.69) is 22.5 Å². The molecular formula is C23H40N3O6P. The Kier molecular flexibility index (Phi) is 10.4. The van der Waals surface area contributed by atoms with E-state index in [1.165, 1.54) is 32.1 Å². The topological polar surface area (TPSA) is 129 Å². The van der Waals surface area contributed by atoms with E-state index < -0.39 is 14.6 Å². The van der Waals surface area contributed by atoms with E-state index in [9.17, 15) is 9.59 Å². The summed E-state index contributed by atoms with van der Waals surface area (Å²) in [6, 6.07) is -0.217. The molecule has 3 saturated carbocycles. The van der Waals surface area contributed by atoms with E-state index in [0.717, 1.165) is 36.6 Å². The molecule has 6 atom stereocenters. The normalized spacial score (nSPS) is 30.2. The summed E-state index contributed by atoms with van der Waals surface area (Å²) in [6.07, 6.45) is 7.54. The number of nitrogens with one attached hydrogen (secondary N) is 3. The van der Waals surface area contributed by atoms with Crippen molar-refractivity contribution in [2.75, 3.05) is 39.4 Å². The van der Waals surface area contributed by atoms with E-state index in [1.54, 1.807) is 6.92 Å². The summed E-state index contributed by atoms with van der Waals surface area (Å²) in [5.41, 5.74) is 0.349. The second-order valence-electron chi connectivity index (χ2n) is 9.85. The highest BCUT2D eigenvalue weighted by Gasteiger charge is 2.52. The Balaban J connectivity index is 1.31. The van der Waals surface area contributed by atoms with Crippen LogP contribution in [-0.4, -0.2) is 61.2 Å². The van der Waals surface area contributed by atoms with Crippen molar-refractivity contribution in [1.29, 1.82) is 0 Å². The Morgan fingerprint density at radius 1 is 1.03 bits per heavy atom. The molecule has 33 heavy (non-hydrogen) atoms. The van der Waals surface area contributed by atoms with Gasteiger partial charge in [-0.05, 0) is 87.5 Å². The molecule has 0 spiro atoms. The zero-order valence-electron chi connectivity index (χ0n) is 19.6. The highest BCUT2D eigenvalue weighted by molar-refractivity contribution is 7.39. The summed E-state index contributed by atoms with van der Waals surface area (Å²) in [4.78, 5) is 40.9. The lowest BCUT2D eigenvalue weighted by Crippen LogP contribution is -2.38. The fourth-order valence-corrected chi connectivity index (χ4v) is 6.75. The third-order valence-corrected chi connectivity index (χ3v) is 8.04. The van der Waals surface area contributed by atoms with Crippen molar-refractivity contribution in [3.8, 4) is 0 Å². The van der Waals surface area contributed by atoms with Gasteiger partial charge in [-0.1, -0.05) is 6.58 Å². The Hall–Kier alpha value is -1.25. The summed E-state index contributed by atoms with van der Waals surface area (Å²) < 4.78 is 9.79. The van der Waals surface area contributed by atoms with Crippen molar-refractivity contribution in [2.24, 2.45) is 35.5 Å². The van der Waals surface area contributed by atoms with E-state index in [1.807, 2.05) is 0 Å². The molecule has 9 nitrogen and oxygen atoms in total. The van der Waals surface area contributed by atoms with Gasteiger partial charge in [0.2, 0.25) is 0 Å². The predicted octanol–water partition coefficient (Wildman–Crippen LogP) is 2.30. The number of carbonyl (C=O) groups is 2. The molecule has 188 valence electrons. The maximum absolute atomic E-state index is 12.0. The highest BCUT2D eigenvalue weighted by Crippen LogP contribution is 2.60. The monoisotopic (exact) mass is 485 g/mol. The number of ether oxygens (including phenoxy) is 1. The number of urea groups is 1. The number of fused-ring (bicyclic) bond motifs is 5. The van der Waals surface area contributed by atoms with Crippen molar-refractivity contribution in [2.45, 2.75) is 45.4 Å². The van der Waals surface area contributed by atoms with Crippen molar-refractivity contribution in [1.82, 2.24) is 16.0 Å². The Bertz CT molecular complexity index is 679. The van der Waals surface area contributed by atoms with E-state index >= 15 is 0 Å². The van der Waals surface area contributed by atoms with Gasteiger partial charge in [-0.2, -0.15) is 0 Å². The number of hydrogen-bond donors (Lipinski definition) is 5. The number of rotatable bonds is 13. The molecule has 0 saturated heterocycles. The molecule has 0 aromatic carbocycles. The molecule has 3 fully saturated rings. The molecule has 10 heteroatoms. The third kappa shape index (κ3) is 7.89. The molecule has 5 N–H and O–H groups in total. The van der Waals surface area contributed by atoms with Gasteiger partial charge in [-0.15, -0.1) is 0 Å². The fourth-order valence-electron chi connectivity index (χ4n) is 6.50. The Morgan fingerprint density at radius 2 is 1.79 bits per heavy atom. The van der Waals surface area contributed by atoms with Gasteiger partial charge in [-0.3, -0.25) is 0 Å². The molecule has 0 aromatic rings. The standard InChI is InChI=1S/C23H40N3O6P/c1-15(2)22(27)31-9-8-26-23(28)25-6-5-17-3-4-20-18-11-16(12-19(13-18)21(17)20)14-24-7-10-32-33(29)30/h16-21,24,29-30H,1,3-14H2,2H3,(H2,25,26,28). The van der Waals surface area contributed by atoms with Crippen LogP contribution in [0.2, 0.25) is 0 Å². The maximum Gasteiger partial charge on any atom is 0.333 e. The zero-order valence-corrected chi connectivity index (χ0v) is 20.5. The molecule has 3 rings (SSSR count). The summed E-state index contributed by atoms with van der Waals surface area (Å²) in [5.74, 6) is 4.21. The Labute approximate surface area is 198 Å². The van der Waals surface area contributed by atoms with Crippen molar-refractivity contribution < 1.29 is 28.6 Å². The van der Waals surface area contributed by atoms with Gasteiger partial charge in [-0.25, -0.2) is 9.59 Å². The van der Waals surface area contributed by atoms with Crippen LogP contribution < -0.4 is 16.0 Å². The lowest BCUT2D eigenvalue weighted by molar-refractivity contribution is -0.138. The minimum Gasteiger partial charge on any atom is -0.460 e. The summed E-state index contributed by atoms with van der Waals surface area (Å²) in [7, 11) is -2.26. The largest absolute Gasteiger partial charge is 0.460 e. The van der Waals surface area contributed by atoms with Crippen LogP contribution in [0.1, 0.15) is 45.4 Å². The van der Waals surface area contributed by atoms with Gasteiger partial charge in [0.05, 0.1) is 13.2 Å². The molecule has 2 amide bonds. The van der Waals surface area contributed by atoms with Gasteiger partial charge in [0, 0.05) is 18.7 Å². The van der Waals surface area contributed by atoms with Gasteiger partial charge in [0.1, 0.15) is 6.61 Å². The first-order valence-corrected chi connectivity index (χ1v) is 13.4. The molecule has 0 heterocycles. The van der Waals surface area contributed by atoms with Crippen LogP contribution in [-0.2, 0) is 14.1 Å². The lowest BCUT2D eigenvalue weighted by Gasteiger charge is -2.31. The summed E-state index contributed by atoms with van der Waals surface area (Å²) >= 11 is 0. The average Bonchev–Trinajstić information content (AvgIpc) is 3.29. The SMILES string of the molecule is C=C(C)C(=O)OCCNC(=O)NCCC1CCC2C3CC(CNCCOP(O)O)CC(C3)C12. The smallest absolute Gasteiger partial charge is 0.333 e. The number of hydrogen-bond acceptors (Lipinski definition) is 7. The van der Waals surface area contributed by atoms with Gasteiger partial charge in [0.25, 0.3) is 0 Å². The summed E-state index contributed by atoms with van der Waals surface area (Å²) in [6.45, 7) is 8.15. The molecule has 0 aromatic heterocycles. The number of esters is 1. The first-order chi connectivity index (χ1) is 15.8. The summed E-state index contributed by atoms with van der Waals surface area (Å²) in [5, 5.41) is 9.09. The second kappa shape index (κ2) is 13.0. The van der Waals surface area contributed by atoms with Crippen LogP contribution in [0.4, 0.5) is 4.79 Å². The van der Waals surface area contributed by atoms with Crippen LogP contribution in [0.25, 0.3) is 0 Å². The van der Waals surface area contributed by atoms with Crippen LogP contribution in [0, 0.1) is 35.5 Å². The highest BCUT2D eigenvalue weighted by atomic mass is 31.2. The third-order valence-electron chi connectivity index (χ3n) is 7.63. The van der Waals surface area contributed by atoms with Crippen LogP contribution in [0.15, 0.2) is 12.2 Å². The quantitative estimate of drug-likeness (QED) is 0.117. The van der Waals surface area contributed by atoms with E-state index in [4.69, 9.17) is 19.0 Å². The first-order valence-electron chi connectivity index (χ1n) is 12.2. The van der Waals surface area contributed by atoms with Crippen molar-refractivity contribution >= 4 is 20.6 Å². The molecule has 2 bridgehead atoms. The minimum atomic E-state index is -2.26. The first kappa shape index (κ1) is 26.4. The lowest BCUT2D eigenvalue weighted by atomic mass is 9.76. The number of amides is 2. The predicted molar refractivity (Wildman–Crippen MR) is 126 cm³/mol. The molecular weight excluding hydrogens is 445 g/mol. The Morgan fingerprint density at radius 3 is 2.55 bits per heavy atom. The van der Waals surface area contributed by atoms with E-state index in [0.29, 0.717) is 37.1 Å². The minimum absolute atomic E-state index is 0.141. The van der Waals surface area contributed by atoms with Crippen LogP contribution in [0.3, 0.4) is 0 Å². The fraction of sp³-hybridized carbons (Fsp3) is 0.826. The van der Waals surface area contributed by atoms with Crippen molar-refractivity contribution in [3.63, 3.8) is 0 Å². The van der Waals surface area contributed by atoms with Gasteiger partial charge in [0.15, 0.2) is 0 Å². The molecule has 6 unspecified atom stereocenters.